The molecule has 2 N–H and O–H groups in total. The van der Waals surface area contributed by atoms with Crippen LogP contribution in [0.3, 0.4) is 0 Å². The summed E-state index contributed by atoms with van der Waals surface area (Å²) in [5, 5.41) is 12.9. The number of benzene rings is 1. The van der Waals surface area contributed by atoms with Crippen LogP contribution in [0.2, 0.25) is 0 Å². The van der Waals surface area contributed by atoms with Crippen LogP contribution in [0.5, 0.6) is 5.75 Å². The molecular formula is C13H17IN2O2. The Morgan fingerprint density at radius 1 is 1.56 bits per heavy atom. The standard InChI is InChI=1S/C13H17IN2O2/c1-15-10-3-2-6-16(8-10)13(18)9-4-5-11(14)12(17)7-9/h4-5,7,10,15,17H,2-3,6,8H2,1H3. The quantitative estimate of drug-likeness (QED) is 0.792. The van der Waals surface area contributed by atoms with E-state index in [-0.39, 0.29) is 11.7 Å². The summed E-state index contributed by atoms with van der Waals surface area (Å²) < 4.78 is 0.760. The first-order chi connectivity index (χ1) is 8.61. The summed E-state index contributed by atoms with van der Waals surface area (Å²) in [6, 6.07) is 5.46. The van der Waals surface area contributed by atoms with E-state index in [0.717, 1.165) is 29.5 Å². The Morgan fingerprint density at radius 3 is 3.00 bits per heavy atom. The van der Waals surface area contributed by atoms with Crippen LogP contribution in [0.4, 0.5) is 0 Å². The Labute approximate surface area is 121 Å². The van der Waals surface area contributed by atoms with Crippen molar-refractivity contribution in [3.8, 4) is 5.75 Å². The molecule has 98 valence electrons. The number of likely N-dealkylation sites (N-methyl/N-ethyl adjacent to an activating group) is 1. The molecule has 0 aliphatic carbocycles. The van der Waals surface area contributed by atoms with Gasteiger partial charge in [-0.1, -0.05) is 0 Å². The van der Waals surface area contributed by atoms with Crippen molar-refractivity contribution in [1.82, 2.24) is 10.2 Å². The van der Waals surface area contributed by atoms with Gasteiger partial charge in [0, 0.05) is 24.7 Å². The van der Waals surface area contributed by atoms with Crippen molar-refractivity contribution >= 4 is 28.5 Å². The average Bonchev–Trinajstić information content (AvgIpc) is 2.41. The minimum absolute atomic E-state index is 0.00153. The normalized spacial score (nSPS) is 19.9. The molecule has 0 aromatic heterocycles. The number of nitrogens with zero attached hydrogens (tertiary/aromatic N) is 1. The van der Waals surface area contributed by atoms with Crippen LogP contribution in [0.25, 0.3) is 0 Å². The first kappa shape index (κ1) is 13.6. The number of amides is 1. The van der Waals surface area contributed by atoms with Gasteiger partial charge in [0.2, 0.25) is 0 Å². The molecular weight excluding hydrogens is 343 g/mol. The van der Waals surface area contributed by atoms with Crippen LogP contribution in [0, 0.1) is 3.57 Å². The first-order valence-corrected chi connectivity index (χ1v) is 7.14. The van der Waals surface area contributed by atoms with Crippen LogP contribution in [0.15, 0.2) is 18.2 Å². The maximum atomic E-state index is 12.3. The van der Waals surface area contributed by atoms with Gasteiger partial charge >= 0.3 is 0 Å². The zero-order valence-electron chi connectivity index (χ0n) is 10.3. The summed E-state index contributed by atoms with van der Waals surface area (Å²) in [5.41, 5.74) is 0.560. The van der Waals surface area contributed by atoms with Crippen molar-refractivity contribution in [3.63, 3.8) is 0 Å². The van der Waals surface area contributed by atoms with Gasteiger partial charge in [-0.25, -0.2) is 0 Å². The number of phenols is 1. The van der Waals surface area contributed by atoms with E-state index in [1.807, 2.05) is 34.5 Å². The van der Waals surface area contributed by atoms with E-state index in [2.05, 4.69) is 5.32 Å². The zero-order valence-corrected chi connectivity index (χ0v) is 12.5. The summed E-state index contributed by atoms with van der Waals surface area (Å²) >= 11 is 2.04. The molecule has 1 aliphatic rings. The highest BCUT2D eigenvalue weighted by atomic mass is 127. The zero-order chi connectivity index (χ0) is 13.1. The third-order valence-electron chi connectivity index (χ3n) is 3.31. The van der Waals surface area contributed by atoms with Gasteiger partial charge in [0.25, 0.3) is 5.91 Å². The van der Waals surface area contributed by atoms with Gasteiger partial charge in [0.15, 0.2) is 0 Å². The second-order valence-electron chi connectivity index (χ2n) is 4.55. The number of rotatable bonds is 2. The second-order valence-corrected chi connectivity index (χ2v) is 5.71. The molecule has 1 atom stereocenters. The van der Waals surface area contributed by atoms with E-state index in [1.165, 1.54) is 0 Å². The Kier molecular flexibility index (Phi) is 4.45. The number of aromatic hydroxyl groups is 1. The van der Waals surface area contributed by atoms with Crippen molar-refractivity contribution in [2.45, 2.75) is 18.9 Å². The summed E-state index contributed by atoms with van der Waals surface area (Å²) in [7, 11) is 1.93. The number of likely N-dealkylation sites (tertiary alicyclic amines) is 1. The summed E-state index contributed by atoms with van der Waals surface area (Å²) in [6.07, 6.45) is 2.13. The smallest absolute Gasteiger partial charge is 0.254 e. The van der Waals surface area contributed by atoms with Crippen molar-refractivity contribution in [2.24, 2.45) is 0 Å². The largest absolute Gasteiger partial charge is 0.507 e. The maximum absolute atomic E-state index is 12.3. The van der Waals surface area contributed by atoms with E-state index in [4.69, 9.17) is 0 Å². The third kappa shape index (κ3) is 2.95. The molecule has 1 saturated heterocycles. The highest BCUT2D eigenvalue weighted by Crippen LogP contribution is 2.22. The van der Waals surface area contributed by atoms with Crippen LogP contribution in [-0.2, 0) is 0 Å². The maximum Gasteiger partial charge on any atom is 0.254 e. The summed E-state index contributed by atoms with van der Waals surface area (Å²) in [6.45, 7) is 1.53. The summed E-state index contributed by atoms with van der Waals surface area (Å²) in [5.74, 6) is 0.172. The highest BCUT2D eigenvalue weighted by molar-refractivity contribution is 14.1. The van der Waals surface area contributed by atoms with Crippen molar-refractivity contribution in [1.29, 1.82) is 0 Å². The number of carbonyl (C=O) groups is 1. The van der Waals surface area contributed by atoms with E-state index in [9.17, 15) is 9.90 Å². The predicted molar refractivity (Wildman–Crippen MR) is 78.8 cm³/mol. The lowest BCUT2D eigenvalue weighted by atomic mass is 10.0. The van der Waals surface area contributed by atoms with E-state index >= 15 is 0 Å². The monoisotopic (exact) mass is 360 g/mol. The lowest BCUT2D eigenvalue weighted by Crippen LogP contribution is -2.46. The third-order valence-corrected chi connectivity index (χ3v) is 4.22. The number of hydrogen-bond acceptors (Lipinski definition) is 3. The van der Waals surface area contributed by atoms with Gasteiger partial charge in [-0.05, 0) is 60.7 Å². The molecule has 0 saturated carbocycles. The van der Waals surface area contributed by atoms with Crippen molar-refractivity contribution in [2.75, 3.05) is 20.1 Å². The van der Waals surface area contributed by atoms with E-state index < -0.39 is 0 Å². The molecule has 1 unspecified atom stereocenters. The number of piperidine rings is 1. The number of phenolic OH excluding ortho intramolecular Hbond substituents is 1. The first-order valence-electron chi connectivity index (χ1n) is 6.07. The topological polar surface area (TPSA) is 52.6 Å². The molecule has 1 amide bonds. The Balaban J connectivity index is 2.12. The molecule has 4 nitrogen and oxygen atoms in total. The molecule has 1 aliphatic heterocycles. The average molecular weight is 360 g/mol. The molecule has 18 heavy (non-hydrogen) atoms. The molecule has 0 spiro atoms. The van der Waals surface area contributed by atoms with Crippen molar-refractivity contribution in [3.05, 3.63) is 27.3 Å². The van der Waals surface area contributed by atoms with E-state index in [1.54, 1.807) is 18.2 Å². The minimum atomic E-state index is 0.00153. The van der Waals surface area contributed by atoms with Gasteiger partial charge < -0.3 is 15.3 Å². The second kappa shape index (κ2) is 5.88. The van der Waals surface area contributed by atoms with Gasteiger partial charge in [0.05, 0.1) is 3.57 Å². The molecule has 1 aromatic rings. The van der Waals surface area contributed by atoms with Crippen LogP contribution in [-0.4, -0.2) is 42.1 Å². The lowest BCUT2D eigenvalue weighted by molar-refractivity contribution is 0.0698. The minimum Gasteiger partial charge on any atom is -0.507 e. The lowest BCUT2D eigenvalue weighted by Gasteiger charge is -2.32. The van der Waals surface area contributed by atoms with E-state index in [0.29, 0.717) is 11.6 Å². The fourth-order valence-electron chi connectivity index (χ4n) is 2.23. The predicted octanol–water partition coefficient (Wildman–Crippen LogP) is 1.82. The van der Waals surface area contributed by atoms with Gasteiger partial charge in [-0.2, -0.15) is 0 Å². The number of halogens is 1. The van der Waals surface area contributed by atoms with Gasteiger partial charge in [0.1, 0.15) is 5.75 Å². The van der Waals surface area contributed by atoms with Gasteiger partial charge in [-0.15, -0.1) is 0 Å². The molecule has 5 heteroatoms. The summed E-state index contributed by atoms with van der Waals surface area (Å²) in [4.78, 5) is 14.2. The number of nitrogens with one attached hydrogen (secondary N) is 1. The molecule has 1 fully saturated rings. The Hall–Kier alpha value is -0.820. The molecule has 1 aromatic carbocycles. The molecule has 0 radical (unpaired) electrons. The number of hydrogen-bond donors (Lipinski definition) is 2. The fraction of sp³-hybridized carbons (Fsp3) is 0.462. The highest BCUT2D eigenvalue weighted by Gasteiger charge is 2.23. The van der Waals surface area contributed by atoms with Gasteiger partial charge in [-0.3, -0.25) is 4.79 Å². The van der Waals surface area contributed by atoms with Crippen molar-refractivity contribution < 1.29 is 9.90 Å². The van der Waals surface area contributed by atoms with Crippen LogP contribution >= 0.6 is 22.6 Å². The van der Waals surface area contributed by atoms with Crippen LogP contribution in [0.1, 0.15) is 23.2 Å². The fourth-order valence-corrected chi connectivity index (χ4v) is 2.56. The number of carbonyl (C=O) groups excluding carboxylic acids is 1. The molecule has 0 bridgehead atoms. The molecule has 2 rings (SSSR count). The Bertz CT molecular complexity index is 451. The SMILES string of the molecule is CNC1CCCN(C(=O)c2ccc(I)c(O)c2)C1. The molecule has 1 heterocycles. The van der Waals surface area contributed by atoms with Crippen LogP contribution < -0.4 is 5.32 Å². The Morgan fingerprint density at radius 2 is 2.33 bits per heavy atom.